The standard InChI is InChI=1S/C4H10N2/c1-4(2)6-5-3/h4H,1-3H3/b6-5+. The second kappa shape index (κ2) is 2.82. The van der Waals surface area contributed by atoms with Crippen molar-refractivity contribution < 1.29 is 0 Å². The van der Waals surface area contributed by atoms with Crippen LogP contribution in [0.3, 0.4) is 0 Å². The Balaban J connectivity index is 3.03. The summed E-state index contributed by atoms with van der Waals surface area (Å²) in [6.07, 6.45) is 0. The van der Waals surface area contributed by atoms with Crippen molar-refractivity contribution in [3.05, 3.63) is 0 Å². The lowest BCUT2D eigenvalue weighted by molar-refractivity contribution is 0.767. The van der Waals surface area contributed by atoms with Gasteiger partial charge < -0.3 is 0 Å². The molecule has 0 heterocycles. The SMILES string of the molecule is C/N=N/C(C)C. The van der Waals surface area contributed by atoms with E-state index in [1.807, 2.05) is 13.8 Å². The Hall–Kier alpha value is -0.400. The highest BCUT2D eigenvalue weighted by Crippen LogP contribution is 1.82. The predicted octanol–water partition coefficient (Wildman–Crippen LogP) is 1.48. The van der Waals surface area contributed by atoms with Crippen molar-refractivity contribution in [2.75, 3.05) is 7.05 Å². The molecule has 0 amide bonds. The molecule has 6 heavy (non-hydrogen) atoms. The van der Waals surface area contributed by atoms with Crippen LogP contribution < -0.4 is 0 Å². The van der Waals surface area contributed by atoms with E-state index in [2.05, 4.69) is 10.2 Å². The Morgan fingerprint density at radius 3 is 1.83 bits per heavy atom. The summed E-state index contributed by atoms with van der Waals surface area (Å²) in [6.45, 7) is 3.99. The van der Waals surface area contributed by atoms with E-state index < -0.39 is 0 Å². The van der Waals surface area contributed by atoms with E-state index in [4.69, 9.17) is 0 Å². The largest absolute Gasteiger partial charge is 0.197 e. The molecule has 0 radical (unpaired) electrons. The molecule has 0 N–H and O–H groups in total. The first-order valence-corrected chi connectivity index (χ1v) is 2.06. The van der Waals surface area contributed by atoms with Crippen LogP contribution in [0.25, 0.3) is 0 Å². The predicted molar refractivity (Wildman–Crippen MR) is 25.9 cm³/mol. The van der Waals surface area contributed by atoms with E-state index in [-0.39, 0.29) is 0 Å². The van der Waals surface area contributed by atoms with Gasteiger partial charge in [-0.25, -0.2) is 0 Å². The van der Waals surface area contributed by atoms with Gasteiger partial charge in [0.25, 0.3) is 0 Å². The molecule has 2 nitrogen and oxygen atoms in total. The minimum absolute atomic E-state index is 0.356. The van der Waals surface area contributed by atoms with Gasteiger partial charge in [0.1, 0.15) is 0 Å². The van der Waals surface area contributed by atoms with Gasteiger partial charge >= 0.3 is 0 Å². The molecule has 0 atom stereocenters. The highest BCUT2D eigenvalue weighted by molar-refractivity contribution is 4.41. The van der Waals surface area contributed by atoms with Gasteiger partial charge in [-0.1, -0.05) is 0 Å². The zero-order chi connectivity index (χ0) is 4.99. The number of hydrogen-bond acceptors (Lipinski definition) is 2. The van der Waals surface area contributed by atoms with Gasteiger partial charge in [-0.05, 0) is 13.8 Å². The maximum atomic E-state index is 3.75. The fourth-order valence-corrected chi connectivity index (χ4v) is 0.231. The summed E-state index contributed by atoms with van der Waals surface area (Å²) in [4.78, 5) is 0. The highest BCUT2D eigenvalue weighted by Gasteiger charge is 1.78. The number of nitrogens with zero attached hydrogens (tertiary/aromatic N) is 2. The molecular formula is C4H10N2. The first-order chi connectivity index (χ1) is 2.77. The Kier molecular flexibility index (Phi) is 2.63. The second-order valence-corrected chi connectivity index (χ2v) is 1.41. The van der Waals surface area contributed by atoms with Crippen LogP contribution >= 0.6 is 0 Å². The van der Waals surface area contributed by atoms with Crippen LogP contribution in [0.2, 0.25) is 0 Å². The molecule has 0 aliphatic heterocycles. The smallest absolute Gasteiger partial charge is 0.0652 e. The molecule has 0 aromatic carbocycles. The van der Waals surface area contributed by atoms with Crippen LogP contribution in [-0.2, 0) is 0 Å². The van der Waals surface area contributed by atoms with Crippen LogP contribution in [0.15, 0.2) is 10.2 Å². The average Bonchev–Trinajstić information content (AvgIpc) is 1.35. The van der Waals surface area contributed by atoms with Gasteiger partial charge in [-0.3, -0.25) is 0 Å². The summed E-state index contributed by atoms with van der Waals surface area (Å²) in [5.74, 6) is 0. The van der Waals surface area contributed by atoms with E-state index in [0.717, 1.165) is 0 Å². The van der Waals surface area contributed by atoms with E-state index >= 15 is 0 Å². The van der Waals surface area contributed by atoms with Gasteiger partial charge in [0, 0.05) is 7.05 Å². The topological polar surface area (TPSA) is 24.7 Å². The molecule has 0 saturated heterocycles. The lowest BCUT2D eigenvalue weighted by atomic mass is 10.4. The molecule has 0 bridgehead atoms. The van der Waals surface area contributed by atoms with Gasteiger partial charge in [0.05, 0.1) is 6.04 Å². The lowest BCUT2D eigenvalue weighted by Crippen LogP contribution is -1.83. The third kappa shape index (κ3) is 3.60. The van der Waals surface area contributed by atoms with Crippen molar-refractivity contribution in [2.45, 2.75) is 19.9 Å². The Bertz CT molecular complexity index is 47.5. The summed E-state index contributed by atoms with van der Waals surface area (Å²) >= 11 is 0. The molecule has 2 heteroatoms. The first-order valence-electron chi connectivity index (χ1n) is 2.06. The maximum absolute atomic E-state index is 3.75. The lowest BCUT2D eigenvalue weighted by Gasteiger charge is -1.85. The summed E-state index contributed by atoms with van der Waals surface area (Å²) in [5, 5.41) is 7.31. The monoisotopic (exact) mass is 86.1 g/mol. The van der Waals surface area contributed by atoms with Crippen molar-refractivity contribution in [3.8, 4) is 0 Å². The van der Waals surface area contributed by atoms with Crippen molar-refractivity contribution in [3.63, 3.8) is 0 Å². The molecule has 0 aromatic rings. The molecule has 0 aliphatic rings. The molecule has 0 unspecified atom stereocenters. The average molecular weight is 86.1 g/mol. The summed E-state index contributed by atoms with van der Waals surface area (Å²) in [7, 11) is 1.68. The van der Waals surface area contributed by atoms with E-state index in [1.165, 1.54) is 0 Å². The molecule has 0 spiro atoms. The number of hydrogen-bond donors (Lipinski definition) is 0. The Morgan fingerprint density at radius 1 is 1.33 bits per heavy atom. The van der Waals surface area contributed by atoms with Crippen LogP contribution in [0, 0.1) is 0 Å². The molecule has 0 rings (SSSR count). The fraction of sp³-hybridized carbons (Fsp3) is 1.00. The third-order valence-corrected chi connectivity index (χ3v) is 0.346. The zero-order valence-electron chi connectivity index (χ0n) is 4.47. The third-order valence-electron chi connectivity index (χ3n) is 0.346. The van der Waals surface area contributed by atoms with Crippen molar-refractivity contribution in [1.29, 1.82) is 0 Å². The molecule has 0 saturated carbocycles. The van der Waals surface area contributed by atoms with Crippen LogP contribution in [-0.4, -0.2) is 13.1 Å². The van der Waals surface area contributed by atoms with Crippen LogP contribution in [0.1, 0.15) is 13.8 Å². The second-order valence-electron chi connectivity index (χ2n) is 1.41. The zero-order valence-corrected chi connectivity index (χ0v) is 4.47. The fourth-order valence-electron chi connectivity index (χ4n) is 0.231. The van der Waals surface area contributed by atoms with E-state index in [1.54, 1.807) is 7.05 Å². The number of azo groups is 1. The first kappa shape index (κ1) is 5.60. The summed E-state index contributed by atoms with van der Waals surface area (Å²) in [5.41, 5.74) is 0. The van der Waals surface area contributed by atoms with Crippen LogP contribution in [0.5, 0.6) is 0 Å². The summed E-state index contributed by atoms with van der Waals surface area (Å²) in [6, 6.07) is 0.356. The minimum atomic E-state index is 0.356. The normalized spacial score (nSPS) is 11.3. The van der Waals surface area contributed by atoms with E-state index in [9.17, 15) is 0 Å². The molecular weight excluding hydrogens is 76.1 g/mol. The summed E-state index contributed by atoms with van der Waals surface area (Å²) < 4.78 is 0. The quantitative estimate of drug-likeness (QED) is 0.432. The minimum Gasteiger partial charge on any atom is -0.197 e. The van der Waals surface area contributed by atoms with Crippen molar-refractivity contribution >= 4 is 0 Å². The van der Waals surface area contributed by atoms with Gasteiger partial charge in [0.15, 0.2) is 0 Å². The van der Waals surface area contributed by atoms with Crippen molar-refractivity contribution in [2.24, 2.45) is 10.2 Å². The van der Waals surface area contributed by atoms with E-state index in [0.29, 0.717) is 6.04 Å². The maximum Gasteiger partial charge on any atom is 0.0652 e. The van der Waals surface area contributed by atoms with Gasteiger partial charge in [-0.2, -0.15) is 10.2 Å². The molecule has 36 valence electrons. The van der Waals surface area contributed by atoms with Crippen molar-refractivity contribution in [1.82, 2.24) is 0 Å². The van der Waals surface area contributed by atoms with Gasteiger partial charge in [-0.15, -0.1) is 0 Å². The molecule has 0 aliphatic carbocycles. The molecule has 0 aromatic heterocycles. The number of rotatable bonds is 1. The highest BCUT2D eigenvalue weighted by atomic mass is 15.1. The Labute approximate surface area is 38.3 Å². The van der Waals surface area contributed by atoms with Crippen LogP contribution in [0.4, 0.5) is 0 Å². The molecule has 0 fully saturated rings. The Morgan fingerprint density at radius 2 is 1.83 bits per heavy atom. The van der Waals surface area contributed by atoms with Gasteiger partial charge in [0.2, 0.25) is 0 Å².